The first-order valence-electron chi connectivity index (χ1n) is 7.00. The van der Waals surface area contributed by atoms with Gasteiger partial charge in [-0.25, -0.2) is 9.78 Å². The first-order valence-corrected chi connectivity index (χ1v) is 7.00. The standard InChI is InChI=1S/C15H21N3O3/c1-9-5-7-17-13(10(9)12(16)19)18-8-4-6-15(2,3)11(18)14(20)21/h5,7,11H,4,6,8H2,1-3H3,(H2,16,19)(H,20,21). The molecule has 2 rings (SSSR count). The molecular formula is C15H21N3O3. The second-order valence-corrected chi connectivity index (χ2v) is 6.22. The van der Waals surface area contributed by atoms with Crippen LogP contribution in [0.3, 0.4) is 0 Å². The predicted octanol–water partition coefficient (Wildman–Crippen LogP) is 1.57. The lowest BCUT2D eigenvalue weighted by molar-refractivity contribution is -0.142. The summed E-state index contributed by atoms with van der Waals surface area (Å²) in [6, 6.07) is 0.979. The van der Waals surface area contributed by atoms with E-state index in [0.717, 1.165) is 12.8 Å². The molecule has 1 aromatic heterocycles. The van der Waals surface area contributed by atoms with Crippen molar-refractivity contribution in [3.8, 4) is 0 Å². The topological polar surface area (TPSA) is 96.5 Å². The molecule has 1 amide bonds. The number of hydrogen-bond donors (Lipinski definition) is 2. The van der Waals surface area contributed by atoms with Gasteiger partial charge in [0.2, 0.25) is 0 Å². The molecule has 6 heteroatoms. The Labute approximate surface area is 124 Å². The van der Waals surface area contributed by atoms with E-state index in [1.54, 1.807) is 24.1 Å². The van der Waals surface area contributed by atoms with Crippen LogP contribution in [-0.2, 0) is 4.79 Å². The molecule has 1 aromatic rings. The molecule has 1 aliphatic rings. The number of aryl methyl sites for hydroxylation is 1. The van der Waals surface area contributed by atoms with Gasteiger partial charge in [-0.3, -0.25) is 4.79 Å². The molecule has 3 N–H and O–H groups in total. The van der Waals surface area contributed by atoms with Crippen molar-refractivity contribution < 1.29 is 14.7 Å². The number of carbonyl (C=O) groups excluding carboxylic acids is 1. The third-order valence-corrected chi connectivity index (χ3v) is 4.16. The fourth-order valence-electron chi connectivity index (χ4n) is 3.15. The Morgan fingerprint density at radius 1 is 1.48 bits per heavy atom. The van der Waals surface area contributed by atoms with E-state index in [2.05, 4.69) is 4.98 Å². The highest BCUT2D eigenvalue weighted by Gasteiger charge is 2.44. The maximum absolute atomic E-state index is 11.7. The minimum atomic E-state index is -0.904. The van der Waals surface area contributed by atoms with Crippen LogP contribution in [-0.4, -0.2) is 34.6 Å². The number of carboxylic acids is 1. The summed E-state index contributed by atoms with van der Waals surface area (Å²) in [5.74, 6) is -1.11. The molecule has 1 fully saturated rings. The van der Waals surface area contributed by atoms with Crippen LogP contribution in [0.25, 0.3) is 0 Å². The molecule has 0 aliphatic carbocycles. The van der Waals surface area contributed by atoms with E-state index in [1.807, 2.05) is 13.8 Å². The van der Waals surface area contributed by atoms with Gasteiger partial charge in [0, 0.05) is 12.7 Å². The predicted molar refractivity (Wildman–Crippen MR) is 79.3 cm³/mol. The highest BCUT2D eigenvalue weighted by atomic mass is 16.4. The van der Waals surface area contributed by atoms with Crippen LogP contribution in [0, 0.1) is 12.3 Å². The number of carboxylic acid groups (broad SMARTS) is 1. The van der Waals surface area contributed by atoms with Gasteiger partial charge in [-0.05, 0) is 36.8 Å². The van der Waals surface area contributed by atoms with Gasteiger partial charge < -0.3 is 15.7 Å². The van der Waals surface area contributed by atoms with E-state index in [0.29, 0.717) is 23.5 Å². The van der Waals surface area contributed by atoms with E-state index in [-0.39, 0.29) is 0 Å². The number of rotatable bonds is 3. The molecule has 1 atom stereocenters. The number of aliphatic carboxylic acids is 1. The average Bonchev–Trinajstić information content (AvgIpc) is 2.35. The molecular weight excluding hydrogens is 270 g/mol. The van der Waals surface area contributed by atoms with Crippen molar-refractivity contribution in [1.29, 1.82) is 0 Å². The van der Waals surface area contributed by atoms with Crippen LogP contribution in [0.2, 0.25) is 0 Å². The highest BCUT2D eigenvalue weighted by molar-refractivity contribution is 5.99. The lowest BCUT2D eigenvalue weighted by atomic mass is 9.76. The first-order chi connectivity index (χ1) is 9.75. The molecule has 0 bridgehead atoms. The number of carbonyl (C=O) groups is 2. The van der Waals surface area contributed by atoms with Crippen molar-refractivity contribution in [2.24, 2.45) is 11.1 Å². The van der Waals surface area contributed by atoms with E-state index in [4.69, 9.17) is 5.73 Å². The van der Waals surface area contributed by atoms with Crippen LogP contribution in [0.5, 0.6) is 0 Å². The summed E-state index contributed by atoms with van der Waals surface area (Å²) in [6.07, 6.45) is 3.25. The average molecular weight is 291 g/mol. The molecule has 1 aliphatic heterocycles. The molecule has 2 heterocycles. The lowest BCUT2D eigenvalue weighted by Crippen LogP contribution is -2.55. The van der Waals surface area contributed by atoms with Crippen LogP contribution in [0.4, 0.5) is 5.82 Å². The Balaban J connectivity index is 2.56. The Kier molecular flexibility index (Phi) is 3.89. The van der Waals surface area contributed by atoms with Gasteiger partial charge in [0.15, 0.2) is 0 Å². The van der Waals surface area contributed by atoms with E-state index < -0.39 is 23.3 Å². The minimum Gasteiger partial charge on any atom is -0.480 e. The third-order valence-electron chi connectivity index (χ3n) is 4.16. The van der Waals surface area contributed by atoms with Crippen LogP contribution in [0.1, 0.15) is 42.6 Å². The van der Waals surface area contributed by atoms with Crippen molar-refractivity contribution in [3.05, 3.63) is 23.4 Å². The Morgan fingerprint density at radius 3 is 2.71 bits per heavy atom. The fourth-order valence-corrected chi connectivity index (χ4v) is 3.15. The molecule has 6 nitrogen and oxygen atoms in total. The summed E-state index contributed by atoms with van der Waals surface area (Å²) >= 11 is 0. The number of primary amides is 1. The van der Waals surface area contributed by atoms with Crippen LogP contribution >= 0.6 is 0 Å². The SMILES string of the molecule is Cc1ccnc(N2CCCC(C)(C)C2C(=O)O)c1C(N)=O. The maximum Gasteiger partial charge on any atom is 0.326 e. The fraction of sp³-hybridized carbons (Fsp3) is 0.533. The summed E-state index contributed by atoms with van der Waals surface area (Å²) in [5, 5.41) is 9.62. The third kappa shape index (κ3) is 2.70. The van der Waals surface area contributed by atoms with Crippen molar-refractivity contribution in [1.82, 2.24) is 4.98 Å². The Morgan fingerprint density at radius 2 is 2.14 bits per heavy atom. The van der Waals surface area contributed by atoms with Crippen molar-refractivity contribution >= 4 is 17.7 Å². The largest absolute Gasteiger partial charge is 0.480 e. The van der Waals surface area contributed by atoms with E-state index >= 15 is 0 Å². The number of hydrogen-bond acceptors (Lipinski definition) is 4. The molecule has 114 valence electrons. The molecule has 0 radical (unpaired) electrons. The van der Waals surface area contributed by atoms with Gasteiger partial charge in [-0.15, -0.1) is 0 Å². The molecule has 0 spiro atoms. The zero-order valence-corrected chi connectivity index (χ0v) is 12.6. The normalized spacial score (nSPS) is 21.1. The van der Waals surface area contributed by atoms with Crippen molar-refractivity contribution in [3.63, 3.8) is 0 Å². The highest BCUT2D eigenvalue weighted by Crippen LogP contribution is 2.38. The monoisotopic (exact) mass is 291 g/mol. The number of pyridine rings is 1. The summed E-state index contributed by atoms with van der Waals surface area (Å²) in [7, 11) is 0. The molecule has 0 aromatic carbocycles. The number of nitrogens with two attached hydrogens (primary N) is 1. The van der Waals surface area contributed by atoms with Gasteiger partial charge in [0.05, 0.1) is 5.56 Å². The molecule has 0 saturated carbocycles. The lowest BCUT2D eigenvalue weighted by Gasteiger charge is -2.45. The zero-order valence-electron chi connectivity index (χ0n) is 12.6. The summed E-state index contributed by atoms with van der Waals surface area (Å²) < 4.78 is 0. The van der Waals surface area contributed by atoms with E-state index in [1.165, 1.54) is 0 Å². The second kappa shape index (κ2) is 5.35. The Hall–Kier alpha value is -2.11. The minimum absolute atomic E-state index is 0.307. The van der Waals surface area contributed by atoms with Crippen molar-refractivity contribution in [2.75, 3.05) is 11.4 Å². The Bertz CT molecular complexity index is 584. The summed E-state index contributed by atoms with van der Waals surface area (Å²) in [5.41, 5.74) is 6.08. The van der Waals surface area contributed by atoms with Gasteiger partial charge in [0.25, 0.3) is 5.91 Å². The van der Waals surface area contributed by atoms with Gasteiger partial charge in [-0.1, -0.05) is 13.8 Å². The van der Waals surface area contributed by atoms with Crippen molar-refractivity contribution in [2.45, 2.75) is 39.7 Å². The van der Waals surface area contributed by atoms with Gasteiger partial charge in [0.1, 0.15) is 11.9 Å². The maximum atomic E-state index is 11.7. The van der Waals surface area contributed by atoms with Gasteiger partial charge >= 0.3 is 5.97 Å². The second-order valence-electron chi connectivity index (χ2n) is 6.22. The number of amides is 1. The van der Waals surface area contributed by atoms with Crippen LogP contribution < -0.4 is 10.6 Å². The van der Waals surface area contributed by atoms with Gasteiger partial charge in [-0.2, -0.15) is 0 Å². The first kappa shape index (κ1) is 15.3. The number of anilines is 1. The smallest absolute Gasteiger partial charge is 0.326 e. The number of aromatic nitrogens is 1. The molecule has 1 unspecified atom stereocenters. The summed E-state index contributed by atoms with van der Waals surface area (Å²) in [4.78, 5) is 29.4. The van der Waals surface area contributed by atoms with E-state index in [9.17, 15) is 14.7 Å². The molecule has 1 saturated heterocycles. The number of piperidine rings is 1. The molecule has 21 heavy (non-hydrogen) atoms. The quantitative estimate of drug-likeness (QED) is 0.881. The summed E-state index contributed by atoms with van der Waals surface area (Å²) in [6.45, 7) is 6.18. The number of nitrogens with zero attached hydrogens (tertiary/aromatic N) is 2. The zero-order chi connectivity index (χ0) is 15.8. The van der Waals surface area contributed by atoms with Crippen LogP contribution in [0.15, 0.2) is 12.3 Å².